The summed E-state index contributed by atoms with van der Waals surface area (Å²) in [6.07, 6.45) is 3.54. The number of hydrogen-bond donors (Lipinski definition) is 2. The van der Waals surface area contributed by atoms with E-state index in [0.29, 0.717) is 13.2 Å². The molecule has 8 nitrogen and oxygen atoms in total. The molecule has 0 aliphatic rings. The summed E-state index contributed by atoms with van der Waals surface area (Å²) in [6.45, 7) is 5.63. The molecule has 9 heteroatoms. The number of nitrogens with one attached hydrogen (secondary N) is 2. The molecular formula is C19H31IN6O2. The Labute approximate surface area is 184 Å². The normalized spacial score (nSPS) is 11.0. The second kappa shape index (κ2) is 14.2. The summed E-state index contributed by atoms with van der Waals surface area (Å²) >= 11 is 0. The van der Waals surface area contributed by atoms with E-state index in [2.05, 4.69) is 32.3 Å². The second-order valence-corrected chi connectivity index (χ2v) is 5.97. The average Bonchev–Trinajstić information content (AvgIpc) is 3.16. The van der Waals surface area contributed by atoms with Crippen LogP contribution in [-0.4, -0.2) is 54.6 Å². The molecule has 1 aromatic carbocycles. The molecule has 0 spiro atoms. The number of benzene rings is 1. The zero-order valence-electron chi connectivity index (χ0n) is 16.9. The zero-order chi connectivity index (χ0) is 19.3. The largest absolute Gasteiger partial charge is 0.496 e. The van der Waals surface area contributed by atoms with Gasteiger partial charge >= 0.3 is 0 Å². The molecular weight excluding hydrogens is 471 g/mol. The van der Waals surface area contributed by atoms with Crippen molar-refractivity contribution in [2.75, 3.05) is 33.9 Å². The highest BCUT2D eigenvalue weighted by Crippen LogP contribution is 2.17. The van der Waals surface area contributed by atoms with Crippen LogP contribution in [0.4, 0.5) is 0 Å². The Kier molecular flexibility index (Phi) is 12.2. The van der Waals surface area contributed by atoms with Crippen LogP contribution in [0.1, 0.15) is 24.7 Å². The minimum absolute atomic E-state index is 0. The molecule has 0 amide bonds. The molecule has 0 aliphatic heterocycles. The van der Waals surface area contributed by atoms with Crippen molar-refractivity contribution >= 4 is 29.9 Å². The van der Waals surface area contributed by atoms with Crippen molar-refractivity contribution in [3.63, 3.8) is 0 Å². The van der Waals surface area contributed by atoms with Gasteiger partial charge in [-0.1, -0.05) is 25.1 Å². The maximum atomic E-state index is 5.40. The van der Waals surface area contributed by atoms with Crippen molar-refractivity contribution < 1.29 is 9.47 Å². The van der Waals surface area contributed by atoms with Gasteiger partial charge in [0.1, 0.15) is 17.9 Å². The number of nitrogens with zero attached hydrogens (tertiary/aromatic N) is 4. The summed E-state index contributed by atoms with van der Waals surface area (Å²) in [6, 6.07) is 7.92. The van der Waals surface area contributed by atoms with E-state index >= 15 is 0 Å². The van der Waals surface area contributed by atoms with Crippen LogP contribution < -0.4 is 15.4 Å². The number of aryl methyl sites for hydroxylation is 1. The summed E-state index contributed by atoms with van der Waals surface area (Å²) in [5.74, 6) is 2.59. The molecule has 1 heterocycles. The predicted molar refractivity (Wildman–Crippen MR) is 121 cm³/mol. The van der Waals surface area contributed by atoms with Gasteiger partial charge < -0.3 is 24.7 Å². The number of para-hydroxylation sites is 1. The third kappa shape index (κ3) is 8.01. The molecule has 0 saturated heterocycles. The molecule has 2 N–H and O–H groups in total. The number of aliphatic imine (C=N–C) groups is 1. The molecule has 0 saturated carbocycles. The summed E-state index contributed by atoms with van der Waals surface area (Å²) in [4.78, 5) is 4.69. The second-order valence-electron chi connectivity index (χ2n) is 5.97. The summed E-state index contributed by atoms with van der Waals surface area (Å²) in [5, 5.41) is 14.8. The van der Waals surface area contributed by atoms with Gasteiger partial charge in [0.25, 0.3) is 0 Å². The monoisotopic (exact) mass is 502 g/mol. The van der Waals surface area contributed by atoms with Gasteiger partial charge in [-0.05, 0) is 12.5 Å². The molecule has 2 aromatic rings. The van der Waals surface area contributed by atoms with Crippen LogP contribution in [0.5, 0.6) is 5.75 Å². The standard InChI is InChI=1S/C19H30N6O2.HI/c1-4-18-24-23-15-25(18)12-11-21-19(20-10-7-13-26-2)22-14-16-8-5-6-9-17(16)27-3;/h5-6,8-9,15H,4,7,10-14H2,1-3H3,(H2,20,21,22);1H. The molecule has 0 bridgehead atoms. The van der Waals surface area contributed by atoms with Gasteiger partial charge in [-0.25, -0.2) is 4.99 Å². The number of halogens is 1. The summed E-state index contributed by atoms with van der Waals surface area (Å²) in [7, 11) is 3.38. The van der Waals surface area contributed by atoms with Crippen LogP contribution in [0.2, 0.25) is 0 Å². The molecule has 0 aliphatic carbocycles. The fourth-order valence-corrected chi connectivity index (χ4v) is 2.63. The molecule has 0 fully saturated rings. The van der Waals surface area contributed by atoms with Crippen LogP contribution in [-0.2, 0) is 24.2 Å². The summed E-state index contributed by atoms with van der Waals surface area (Å²) < 4.78 is 12.6. The highest BCUT2D eigenvalue weighted by atomic mass is 127. The SMILES string of the molecule is CCc1nncn1CCNC(=NCc1ccccc1OC)NCCCOC.I. The van der Waals surface area contributed by atoms with E-state index in [0.717, 1.165) is 55.6 Å². The maximum absolute atomic E-state index is 5.40. The lowest BCUT2D eigenvalue weighted by Crippen LogP contribution is -2.39. The Balaban J connectivity index is 0.00000392. The van der Waals surface area contributed by atoms with Crippen LogP contribution in [0, 0.1) is 0 Å². The molecule has 0 radical (unpaired) electrons. The lowest BCUT2D eigenvalue weighted by molar-refractivity contribution is 0.195. The molecule has 2 rings (SSSR count). The van der Waals surface area contributed by atoms with Crippen molar-refractivity contribution in [3.05, 3.63) is 42.0 Å². The predicted octanol–water partition coefficient (Wildman–Crippen LogP) is 2.24. The minimum Gasteiger partial charge on any atom is -0.496 e. The quantitative estimate of drug-likeness (QED) is 0.212. The van der Waals surface area contributed by atoms with E-state index in [1.54, 1.807) is 20.5 Å². The van der Waals surface area contributed by atoms with E-state index in [9.17, 15) is 0 Å². The number of hydrogen-bond acceptors (Lipinski definition) is 5. The van der Waals surface area contributed by atoms with Crippen LogP contribution in [0.15, 0.2) is 35.6 Å². The van der Waals surface area contributed by atoms with Crippen molar-refractivity contribution in [3.8, 4) is 5.75 Å². The van der Waals surface area contributed by atoms with E-state index in [1.807, 2.05) is 24.3 Å². The number of methoxy groups -OCH3 is 2. The first-order valence-electron chi connectivity index (χ1n) is 9.28. The Morgan fingerprint density at radius 3 is 2.71 bits per heavy atom. The van der Waals surface area contributed by atoms with Gasteiger partial charge in [0.05, 0.1) is 13.7 Å². The Bertz CT molecular complexity index is 707. The van der Waals surface area contributed by atoms with Crippen molar-refractivity contribution in [2.45, 2.75) is 32.9 Å². The third-order valence-corrected chi connectivity index (χ3v) is 4.07. The number of aromatic nitrogens is 3. The van der Waals surface area contributed by atoms with Gasteiger partial charge in [-0.2, -0.15) is 0 Å². The number of guanidine groups is 1. The van der Waals surface area contributed by atoms with E-state index in [4.69, 9.17) is 14.5 Å². The first kappa shape index (κ1) is 24.2. The highest BCUT2D eigenvalue weighted by molar-refractivity contribution is 14.0. The molecule has 28 heavy (non-hydrogen) atoms. The molecule has 156 valence electrons. The minimum atomic E-state index is 0. The Morgan fingerprint density at radius 2 is 1.96 bits per heavy atom. The number of rotatable bonds is 11. The van der Waals surface area contributed by atoms with Crippen molar-refractivity contribution in [1.29, 1.82) is 0 Å². The lowest BCUT2D eigenvalue weighted by Gasteiger charge is -2.14. The molecule has 0 atom stereocenters. The Hall–Kier alpha value is -1.88. The smallest absolute Gasteiger partial charge is 0.191 e. The van der Waals surface area contributed by atoms with E-state index < -0.39 is 0 Å². The molecule has 1 aromatic heterocycles. The number of ether oxygens (including phenoxy) is 2. The topological polar surface area (TPSA) is 85.6 Å². The fraction of sp³-hybridized carbons (Fsp3) is 0.526. The van der Waals surface area contributed by atoms with E-state index in [1.165, 1.54) is 0 Å². The van der Waals surface area contributed by atoms with Gasteiger partial charge in [0.2, 0.25) is 0 Å². The van der Waals surface area contributed by atoms with Gasteiger partial charge in [0.15, 0.2) is 5.96 Å². The maximum Gasteiger partial charge on any atom is 0.191 e. The van der Waals surface area contributed by atoms with Crippen LogP contribution in [0.3, 0.4) is 0 Å². The van der Waals surface area contributed by atoms with Gasteiger partial charge in [0, 0.05) is 45.3 Å². The zero-order valence-corrected chi connectivity index (χ0v) is 19.2. The first-order valence-corrected chi connectivity index (χ1v) is 9.28. The first-order chi connectivity index (χ1) is 13.3. The van der Waals surface area contributed by atoms with Gasteiger partial charge in [-0.3, -0.25) is 0 Å². The third-order valence-electron chi connectivity index (χ3n) is 4.07. The van der Waals surface area contributed by atoms with Crippen molar-refractivity contribution in [2.24, 2.45) is 4.99 Å². The lowest BCUT2D eigenvalue weighted by atomic mass is 10.2. The molecule has 0 unspecified atom stereocenters. The van der Waals surface area contributed by atoms with E-state index in [-0.39, 0.29) is 24.0 Å². The highest BCUT2D eigenvalue weighted by Gasteiger charge is 2.04. The fourth-order valence-electron chi connectivity index (χ4n) is 2.63. The summed E-state index contributed by atoms with van der Waals surface area (Å²) in [5.41, 5.74) is 1.05. The van der Waals surface area contributed by atoms with Crippen molar-refractivity contribution in [1.82, 2.24) is 25.4 Å². The van der Waals surface area contributed by atoms with Gasteiger partial charge in [-0.15, -0.1) is 34.2 Å². The van der Waals surface area contributed by atoms with Crippen LogP contribution >= 0.6 is 24.0 Å². The van der Waals surface area contributed by atoms with Crippen LogP contribution in [0.25, 0.3) is 0 Å². The average molecular weight is 502 g/mol. The Morgan fingerprint density at radius 1 is 1.18 bits per heavy atom.